The van der Waals surface area contributed by atoms with Crippen LogP contribution in [0.25, 0.3) is 0 Å². The number of H-pyrrole nitrogens is 1. The van der Waals surface area contributed by atoms with Crippen molar-refractivity contribution >= 4 is 0 Å². The summed E-state index contributed by atoms with van der Waals surface area (Å²) < 4.78 is 0. The first kappa shape index (κ1) is 11.8. The molecule has 2 N–H and O–H groups in total. The number of nitrogens with zero attached hydrogens (tertiary/aromatic N) is 2. The van der Waals surface area contributed by atoms with E-state index in [0.29, 0.717) is 0 Å². The van der Waals surface area contributed by atoms with E-state index in [2.05, 4.69) is 52.5 Å². The van der Waals surface area contributed by atoms with Crippen LogP contribution in [0.4, 0.5) is 0 Å². The van der Waals surface area contributed by atoms with E-state index in [1.807, 2.05) is 0 Å². The van der Waals surface area contributed by atoms with Crippen LogP contribution in [0, 0.1) is 13.8 Å². The first-order chi connectivity index (χ1) is 8.25. The summed E-state index contributed by atoms with van der Waals surface area (Å²) in [5.74, 6) is 0.929. The number of nitrogens with one attached hydrogen (secondary N) is 2. The second kappa shape index (κ2) is 5.59. The largest absolute Gasteiger partial charge is 0.312 e. The quantitative estimate of drug-likeness (QED) is 0.769. The predicted molar refractivity (Wildman–Crippen MR) is 67.7 cm³/mol. The molecule has 17 heavy (non-hydrogen) atoms. The molecule has 0 aliphatic carbocycles. The van der Waals surface area contributed by atoms with Gasteiger partial charge in [-0.2, -0.15) is 5.10 Å². The Bertz CT molecular complexity index is 462. The highest BCUT2D eigenvalue weighted by atomic mass is 15.2. The van der Waals surface area contributed by atoms with Gasteiger partial charge in [-0.1, -0.05) is 23.8 Å². The molecule has 0 aliphatic rings. The van der Waals surface area contributed by atoms with Crippen LogP contribution in [-0.2, 0) is 13.0 Å². The molecule has 0 unspecified atom stereocenters. The minimum absolute atomic E-state index is 0.880. The van der Waals surface area contributed by atoms with Gasteiger partial charge >= 0.3 is 0 Å². The van der Waals surface area contributed by atoms with Crippen molar-refractivity contribution in [2.24, 2.45) is 0 Å². The zero-order valence-corrected chi connectivity index (χ0v) is 10.3. The van der Waals surface area contributed by atoms with Gasteiger partial charge in [-0.05, 0) is 25.0 Å². The molecule has 0 saturated heterocycles. The monoisotopic (exact) mass is 230 g/mol. The van der Waals surface area contributed by atoms with Gasteiger partial charge in [-0.15, -0.1) is 0 Å². The number of benzene rings is 1. The standard InChI is InChI=1S/C13H18N4/c1-10-3-4-12(11(2)7-10)8-14-6-5-13-15-9-16-17-13/h3-4,7,9,14H,5-6,8H2,1-2H3,(H,15,16,17). The highest BCUT2D eigenvalue weighted by molar-refractivity contribution is 5.30. The van der Waals surface area contributed by atoms with E-state index >= 15 is 0 Å². The summed E-state index contributed by atoms with van der Waals surface area (Å²) in [5, 5.41) is 10.1. The lowest BCUT2D eigenvalue weighted by Gasteiger charge is -2.07. The third kappa shape index (κ3) is 3.39. The van der Waals surface area contributed by atoms with Crippen molar-refractivity contribution in [1.29, 1.82) is 0 Å². The van der Waals surface area contributed by atoms with Crippen LogP contribution >= 0.6 is 0 Å². The first-order valence-electron chi connectivity index (χ1n) is 5.87. The number of aromatic nitrogens is 3. The number of aryl methyl sites for hydroxylation is 2. The molecule has 4 nitrogen and oxygen atoms in total. The van der Waals surface area contributed by atoms with Gasteiger partial charge in [0.05, 0.1) is 0 Å². The van der Waals surface area contributed by atoms with E-state index < -0.39 is 0 Å². The lowest BCUT2D eigenvalue weighted by molar-refractivity contribution is 0.669. The van der Waals surface area contributed by atoms with E-state index in [9.17, 15) is 0 Å². The number of hydrogen-bond donors (Lipinski definition) is 2. The van der Waals surface area contributed by atoms with E-state index in [0.717, 1.165) is 25.3 Å². The minimum atomic E-state index is 0.880. The Balaban J connectivity index is 1.78. The molecule has 0 bridgehead atoms. The van der Waals surface area contributed by atoms with Crippen molar-refractivity contribution in [3.63, 3.8) is 0 Å². The van der Waals surface area contributed by atoms with Gasteiger partial charge in [0.15, 0.2) is 0 Å². The van der Waals surface area contributed by atoms with Gasteiger partial charge in [-0.3, -0.25) is 5.10 Å². The van der Waals surface area contributed by atoms with Crippen molar-refractivity contribution in [3.8, 4) is 0 Å². The Morgan fingerprint density at radius 3 is 2.88 bits per heavy atom. The molecule has 1 aromatic heterocycles. The maximum atomic E-state index is 4.08. The Morgan fingerprint density at radius 1 is 1.29 bits per heavy atom. The van der Waals surface area contributed by atoms with E-state index in [1.165, 1.54) is 16.7 Å². The highest BCUT2D eigenvalue weighted by Gasteiger charge is 1.99. The molecule has 4 heteroatoms. The van der Waals surface area contributed by atoms with Gasteiger partial charge in [0.1, 0.15) is 12.2 Å². The molecule has 0 amide bonds. The topological polar surface area (TPSA) is 53.6 Å². The van der Waals surface area contributed by atoms with Crippen LogP contribution in [0.15, 0.2) is 24.5 Å². The molecule has 0 radical (unpaired) electrons. The summed E-state index contributed by atoms with van der Waals surface area (Å²) in [4.78, 5) is 4.08. The summed E-state index contributed by atoms with van der Waals surface area (Å²) in [6, 6.07) is 6.56. The molecule has 0 aliphatic heterocycles. The molecule has 90 valence electrons. The van der Waals surface area contributed by atoms with Crippen molar-refractivity contribution in [3.05, 3.63) is 47.0 Å². The Hall–Kier alpha value is -1.68. The predicted octanol–water partition coefficient (Wildman–Crippen LogP) is 1.75. The van der Waals surface area contributed by atoms with E-state index in [-0.39, 0.29) is 0 Å². The van der Waals surface area contributed by atoms with E-state index in [4.69, 9.17) is 0 Å². The molecule has 0 fully saturated rings. The third-order valence-corrected chi connectivity index (χ3v) is 2.82. The average Bonchev–Trinajstić information content (AvgIpc) is 2.79. The first-order valence-corrected chi connectivity index (χ1v) is 5.87. The summed E-state index contributed by atoms with van der Waals surface area (Å²) in [7, 11) is 0. The average molecular weight is 230 g/mol. The maximum absolute atomic E-state index is 4.08. The zero-order chi connectivity index (χ0) is 12.1. The van der Waals surface area contributed by atoms with Gasteiger partial charge in [-0.25, -0.2) is 4.98 Å². The summed E-state index contributed by atoms with van der Waals surface area (Å²) in [6.07, 6.45) is 2.42. The maximum Gasteiger partial charge on any atom is 0.137 e. The van der Waals surface area contributed by atoms with Crippen molar-refractivity contribution < 1.29 is 0 Å². The van der Waals surface area contributed by atoms with E-state index in [1.54, 1.807) is 6.33 Å². The normalized spacial score (nSPS) is 10.7. The molecule has 0 spiro atoms. The SMILES string of the molecule is Cc1ccc(CNCCc2ncn[nH]2)c(C)c1. The lowest BCUT2D eigenvalue weighted by atomic mass is 10.1. The number of rotatable bonds is 5. The summed E-state index contributed by atoms with van der Waals surface area (Å²) in [6.45, 7) is 6.08. The second-order valence-electron chi connectivity index (χ2n) is 4.29. The highest BCUT2D eigenvalue weighted by Crippen LogP contribution is 2.09. The van der Waals surface area contributed by atoms with Gasteiger partial charge < -0.3 is 5.32 Å². The van der Waals surface area contributed by atoms with Crippen LogP contribution in [-0.4, -0.2) is 21.7 Å². The van der Waals surface area contributed by atoms with Crippen LogP contribution in [0.5, 0.6) is 0 Å². The Morgan fingerprint density at radius 2 is 2.18 bits per heavy atom. The van der Waals surface area contributed by atoms with Gasteiger partial charge in [0, 0.05) is 19.5 Å². The zero-order valence-electron chi connectivity index (χ0n) is 10.3. The van der Waals surface area contributed by atoms with Crippen LogP contribution in [0.2, 0.25) is 0 Å². The van der Waals surface area contributed by atoms with Crippen LogP contribution in [0.1, 0.15) is 22.5 Å². The molecular formula is C13H18N4. The van der Waals surface area contributed by atoms with Crippen LogP contribution < -0.4 is 5.32 Å². The lowest BCUT2D eigenvalue weighted by Crippen LogP contribution is -2.17. The van der Waals surface area contributed by atoms with Crippen molar-refractivity contribution in [2.75, 3.05) is 6.54 Å². The molecule has 1 aromatic carbocycles. The number of aromatic amines is 1. The van der Waals surface area contributed by atoms with Crippen molar-refractivity contribution in [2.45, 2.75) is 26.8 Å². The molecule has 2 rings (SSSR count). The Kier molecular flexibility index (Phi) is 3.88. The fraction of sp³-hybridized carbons (Fsp3) is 0.385. The number of hydrogen-bond acceptors (Lipinski definition) is 3. The summed E-state index contributed by atoms with van der Waals surface area (Å²) >= 11 is 0. The molecular weight excluding hydrogens is 212 g/mol. The molecule has 1 heterocycles. The van der Waals surface area contributed by atoms with Crippen molar-refractivity contribution in [1.82, 2.24) is 20.5 Å². The fourth-order valence-electron chi connectivity index (χ4n) is 1.83. The smallest absolute Gasteiger partial charge is 0.137 e. The molecule has 2 aromatic rings. The summed E-state index contributed by atoms with van der Waals surface area (Å²) in [5.41, 5.74) is 4.01. The van der Waals surface area contributed by atoms with Gasteiger partial charge in [0.25, 0.3) is 0 Å². The van der Waals surface area contributed by atoms with Crippen LogP contribution in [0.3, 0.4) is 0 Å². The Labute approximate surface area is 101 Å². The molecule has 0 atom stereocenters. The van der Waals surface area contributed by atoms with Gasteiger partial charge in [0.2, 0.25) is 0 Å². The molecule has 0 saturated carbocycles. The second-order valence-corrected chi connectivity index (χ2v) is 4.29. The third-order valence-electron chi connectivity index (χ3n) is 2.82. The minimum Gasteiger partial charge on any atom is -0.312 e. The fourth-order valence-corrected chi connectivity index (χ4v) is 1.83.